The van der Waals surface area contributed by atoms with Gasteiger partial charge in [0.25, 0.3) is 0 Å². The van der Waals surface area contributed by atoms with E-state index in [0.29, 0.717) is 11.4 Å². The first-order valence-electron chi connectivity index (χ1n) is 7.54. The van der Waals surface area contributed by atoms with E-state index < -0.39 is 10.1 Å². The van der Waals surface area contributed by atoms with Gasteiger partial charge in [-0.3, -0.25) is 4.18 Å². The molecule has 0 aliphatic carbocycles. The summed E-state index contributed by atoms with van der Waals surface area (Å²) in [6.45, 7) is 4.27. The van der Waals surface area contributed by atoms with Crippen LogP contribution in [0.15, 0.2) is 17.0 Å². The van der Waals surface area contributed by atoms with Crippen molar-refractivity contribution in [2.24, 2.45) is 5.92 Å². The molecular formula is C15H27N3O3S. The van der Waals surface area contributed by atoms with E-state index in [1.54, 1.807) is 33.3 Å². The van der Waals surface area contributed by atoms with Crippen molar-refractivity contribution in [1.29, 1.82) is 0 Å². The minimum atomic E-state index is -3.84. The van der Waals surface area contributed by atoms with Crippen molar-refractivity contribution < 1.29 is 12.6 Å². The van der Waals surface area contributed by atoms with Gasteiger partial charge in [-0.25, -0.2) is 0 Å². The second-order valence-electron chi connectivity index (χ2n) is 5.07. The van der Waals surface area contributed by atoms with Crippen LogP contribution >= 0.6 is 0 Å². The van der Waals surface area contributed by atoms with Crippen LogP contribution in [-0.2, 0) is 14.3 Å². The molecular weight excluding hydrogens is 302 g/mol. The maximum atomic E-state index is 12.6. The molecule has 0 atom stereocenters. The van der Waals surface area contributed by atoms with Gasteiger partial charge in [0, 0.05) is 26.8 Å². The first-order chi connectivity index (χ1) is 10.4. The largest absolute Gasteiger partial charge is 0.388 e. The highest BCUT2D eigenvalue weighted by atomic mass is 32.2. The Hall–Kier alpha value is -1.47. The van der Waals surface area contributed by atoms with Gasteiger partial charge in [0.15, 0.2) is 0 Å². The van der Waals surface area contributed by atoms with E-state index >= 15 is 0 Å². The summed E-state index contributed by atoms with van der Waals surface area (Å²) in [7, 11) is 1.32. The highest BCUT2D eigenvalue weighted by Gasteiger charge is 2.25. The smallest absolute Gasteiger partial charge is 0.301 e. The molecule has 1 rings (SSSR count). The second kappa shape index (κ2) is 8.24. The standard InChI is InChI=1S/C15H27N3O3S/c1-6-11(7-2)10-21-22(19,20)15-13(17-4)8-12(16-3)9-14(15)18-5/h8-9,11,16-18H,6-7,10H2,1-5H3. The number of rotatable bonds is 9. The van der Waals surface area contributed by atoms with Gasteiger partial charge in [-0.15, -0.1) is 0 Å². The molecule has 1 aromatic carbocycles. The Bertz CT molecular complexity index is 559. The molecule has 6 nitrogen and oxygen atoms in total. The normalized spacial score (nSPS) is 11.5. The van der Waals surface area contributed by atoms with Crippen molar-refractivity contribution in [3.05, 3.63) is 12.1 Å². The van der Waals surface area contributed by atoms with Crippen LogP contribution in [0.2, 0.25) is 0 Å². The quantitative estimate of drug-likeness (QED) is 0.605. The SMILES string of the molecule is CCC(CC)COS(=O)(=O)c1c(NC)cc(NC)cc1NC. The van der Waals surface area contributed by atoms with Gasteiger partial charge >= 0.3 is 10.1 Å². The van der Waals surface area contributed by atoms with E-state index in [4.69, 9.17) is 4.18 Å². The molecule has 3 N–H and O–H groups in total. The van der Waals surface area contributed by atoms with Gasteiger partial charge in [0.2, 0.25) is 0 Å². The third-order valence-corrected chi connectivity index (χ3v) is 5.17. The van der Waals surface area contributed by atoms with Crippen molar-refractivity contribution in [2.45, 2.75) is 31.6 Å². The van der Waals surface area contributed by atoms with Gasteiger partial charge in [0.1, 0.15) is 4.90 Å². The molecule has 0 saturated heterocycles. The van der Waals surface area contributed by atoms with Crippen molar-refractivity contribution >= 4 is 27.2 Å². The van der Waals surface area contributed by atoms with Crippen LogP contribution in [0, 0.1) is 5.92 Å². The number of benzene rings is 1. The Morgan fingerprint density at radius 2 is 1.50 bits per heavy atom. The van der Waals surface area contributed by atoms with E-state index in [1.807, 2.05) is 13.8 Å². The monoisotopic (exact) mass is 329 g/mol. The van der Waals surface area contributed by atoms with Crippen LogP contribution in [0.25, 0.3) is 0 Å². The predicted molar refractivity (Wildman–Crippen MR) is 92.3 cm³/mol. The molecule has 0 aliphatic rings. The summed E-state index contributed by atoms with van der Waals surface area (Å²) in [6, 6.07) is 3.49. The van der Waals surface area contributed by atoms with E-state index in [-0.39, 0.29) is 17.4 Å². The van der Waals surface area contributed by atoms with E-state index in [9.17, 15) is 8.42 Å². The third kappa shape index (κ3) is 4.27. The van der Waals surface area contributed by atoms with Gasteiger partial charge in [0.05, 0.1) is 18.0 Å². The van der Waals surface area contributed by atoms with Gasteiger partial charge in [-0.2, -0.15) is 8.42 Å². The Balaban J connectivity index is 3.22. The van der Waals surface area contributed by atoms with Crippen LogP contribution in [0.5, 0.6) is 0 Å². The Morgan fingerprint density at radius 1 is 1.00 bits per heavy atom. The molecule has 1 aromatic rings. The van der Waals surface area contributed by atoms with Gasteiger partial charge in [-0.1, -0.05) is 26.7 Å². The molecule has 0 spiro atoms. The first kappa shape index (κ1) is 18.6. The minimum Gasteiger partial charge on any atom is -0.388 e. The number of anilines is 3. The van der Waals surface area contributed by atoms with Crippen LogP contribution in [0.3, 0.4) is 0 Å². The molecule has 0 aliphatic heterocycles. The molecule has 22 heavy (non-hydrogen) atoms. The molecule has 0 fully saturated rings. The summed E-state index contributed by atoms with van der Waals surface area (Å²) in [6.07, 6.45) is 1.78. The molecule has 0 aromatic heterocycles. The summed E-state index contributed by atoms with van der Waals surface area (Å²) in [5.74, 6) is 0.238. The summed E-state index contributed by atoms with van der Waals surface area (Å²) in [4.78, 5) is 0.141. The third-order valence-electron chi connectivity index (χ3n) is 3.78. The average molecular weight is 329 g/mol. The van der Waals surface area contributed by atoms with Crippen LogP contribution in [-0.4, -0.2) is 36.2 Å². The highest BCUT2D eigenvalue weighted by Crippen LogP contribution is 2.34. The lowest BCUT2D eigenvalue weighted by Gasteiger charge is -2.18. The van der Waals surface area contributed by atoms with Gasteiger partial charge < -0.3 is 16.0 Å². The predicted octanol–water partition coefficient (Wildman–Crippen LogP) is 2.95. The summed E-state index contributed by atoms with van der Waals surface area (Å²) in [5.41, 5.74) is 1.81. The lowest BCUT2D eigenvalue weighted by molar-refractivity contribution is 0.246. The Kier molecular flexibility index (Phi) is 6.96. The van der Waals surface area contributed by atoms with E-state index in [2.05, 4.69) is 16.0 Å². The molecule has 7 heteroatoms. The first-order valence-corrected chi connectivity index (χ1v) is 8.94. The van der Waals surface area contributed by atoms with E-state index in [0.717, 1.165) is 18.5 Å². The van der Waals surface area contributed by atoms with Crippen molar-refractivity contribution in [2.75, 3.05) is 43.7 Å². The lowest BCUT2D eigenvalue weighted by atomic mass is 10.1. The van der Waals surface area contributed by atoms with Crippen molar-refractivity contribution in [3.8, 4) is 0 Å². The van der Waals surface area contributed by atoms with Crippen molar-refractivity contribution in [1.82, 2.24) is 0 Å². The number of hydrogen-bond acceptors (Lipinski definition) is 6. The van der Waals surface area contributed by atoms with Crippen molar-refractivity contribution in [3.63, 3.8) is 0 Å². The zero-order chi connectivity index (χ0) is 16.8. The summed E-state index contributed by atoms with van der Waals surface area (Å²) < 4.78 is 30.5. The fourth-order valence-corrected chi connectivity index (χ4v) is 3.53. The molecule has 0 unspecified atom stereocenters. The zero-order valence-electron chi connectivity index (χ0n) is 14.0. The zero-order valence-corrected chi connectivity index (χ0v) is 14.8. The summed E-state index contributed by atoms with van der Waals surface area (Å²) >= 11 is 0. The maximum Gasteiger partial charge on any atom is 0.301 e. The Morgan fingerprint density at radius 3 is 1.86 bits per heavy atom. The lowest BCUT2D eigenvalue weighted by Crippen LogP contribution is -2.16. The van der Waals surface area contributed by atoms with Crippen LogP contribution in [0.1, 0.15) is 26.7 Å². The Labute approximate surface area is 133 Å². The fourth-order valence-electron chi connectivity index (χ4n) is 2.18. The van der Waals surface area contributed by atoms with Crippen LogP contribution in [0.4, 0.5) is 17.1 Å². The van der Waals surface area contributed by atoms with Crippen LogP contribution < -0.4 is 16.0 Å². The average Bonchev–Trinajstić information content (AvgIpc) is 2.54. The molecule has 0 amide bonds. The molecule has 0 radical (unpaired) electrons. The summed E-state index contributed by atoms with van der Waals surface area (Å²) in [5, 5.41) is 8.86. The molecule has 0 saturated carbocycles. The minimum absolute atomic E-state index is 0.141. The fraction of sp³-hybridized carbons (Fsp3) is 0.600. The topological polar surface area (TPSA) is 79.5 Å². The van der Waals surface area contributed by atoms with E-state index in [1.165, 1.54) is 0 Å². The molecule has 126 valence electrons. The second-order valence-corrected chi connectivity index (χ2v) is 6.62. The number of hydrogen-bond donors (Lipinski definition) is 3. The number of nitrogens with one attached hydrogen (secondary N) is 3. The highest BCUT2D eigenvalue weighted by molar-refractivity contribution is 7.87. The maximum absolute atomic E-state index is 12.6. The van der Waals surface area contributed by atoms with Gasteiger partial charge in [-0.05, 0) is 18.1 Å². The molecule has 0 heterocycles. The molecule has 0 bridgehead atoms.